The first-order valence-electron chi connectivity index (χ1n) is 7.05. The number of unbranched alkanes of at least 4 members (excludes halogenated alkanes) is 7. The van der Waals surface area contributed by atoms with Crippen molar-refractivity contribution in [1.29, 1.82) is 0 Å². The molecule has 114 valence electrons. The van der Waals surface area contributed by atoms with E-state index in [1.165, 1.54) is 0 Å². The minimum atomic E-state index is -4.03. The number of hydrogen-bond acceptors (Lipinski definition) is 5. The Morgan fingerprint density at radius 1 is 0.950 bits per heavy atom. The summed E-state index contributed by atoms with van der Waals surface area (Å²) in [5.74, 6) is -0.385. The van der Waals surface area contributed by atoms with Gasteiger partial charge in [0.25, 0.3) is 0 Å². The molecule has 0 saturated heterocycles. The van der Waals surface area contributed by atoms with Crippen molar-refractivity contribution in [2.24, 2.45) is 0 Å². The SMILES string of the molecule is CCC(=O)OCCCCCCCCCCS(=O)(=O)[O-].[K+]. The predicted octanol–water partition coefficient (Wildman–Crippen LogP) is -0.390. The Labute approximate surface area is 165 Å². The fourth-order valence-electron chi connectivity index (χ4n) is 1.73. The van der Waals surface area contributed by atoms with Crippen molar-refractivity contribution in [2.75, 3.05) is 12.4 Å². The third kappa shape index (κ3) is 19.0. The summed E-state index contributed by atoms with van der Waals surface area (Å²) in [5.41, 5.74) is 0. The maximum atomic E-state index is 10.8. The van der Waals surface area contributed by atoms with E-state index in [1.807, 2.05) is 0 Å². The van der Waals surface area contributed by atoms with Crippen LogP contribution in [0.3, 0.4) is 0 Å². The van der Waals surface area contributed by atoms with Gasteiger partial charge in [-0.1, -0.05) is 45.4 Å². The Bertz CT molecular complexity index is 330. The van der Waals surface area contributed by atoms with E-state index in [1.54, 1.807) is 6.92 Å². The van der Waals surface area contributed by atoms with Gasteiger partial charge in [0.05, 0.1) is 16.7 Å². The van der Waals surface area contributed by atoms with E-state index in [0.29, 0.717) is 19.4 Å². The van der Waals surface area contributed by atoms with Crippen molar-refractivity contribution in [1.82, 2.24) is 0 Å². The molecule has 20 heavy (non-hydrogen) atoms. The fraction of sp³-hybridized carbons (Fsp3) is 0.923. The second-order valence-electron chi connectivity index (χ2n) is 4.66. The van der Waals surface area contributed by atoms with Gasteiger partial charge in [0.15, 0.2) is 0 Å². The van der Waals surface area contributed by atoms with Gasteiger partial charge in [-0.3, -0.25) is 4.79 Å². The van der Waals surface area contributed by atoms with Crippen LogP contribution in [0.1, 0.15) is 64.7 Å². The summed E-state index contributed by atoms with van der Waals surface area (Å²) in [6.45, 7) is 2.29. The maximum absolute atomic E-state index is 10.8. The molecule has 0 aliphatic heterocycles. The Kier molecular flexibility index (Phi) is 17.4. The van der Waals surface area contributed by atoms with Crippen LogP contribution in [0.15, 0.2) is 0 Å². The number of hydrogen-bond donors (Lipinski definition) is 0. The molecule has 0 rings (SSSR count). The van der Waals surface area contributed by atoms with Crippen LogP contribution in [-0.2, 0) is 19.6 Å². The summed E-state index contributed by atoms with van der Waals surface area (Å²) in [7, 11) is -4.03. The van der Waals surface area contributed by atoms with E-state index >= 15 is 0 Å². The smallest absolute Gasteiger partial charge is 0.748 e. The minimum Gasteiger partial charge on any atom is -0.748 e. The van der Waals surface area contributed by atoms with Gasteiger partial charge in [0, 0.05) is 12.2 Å². The molecule has 0 heterocycles. The predicted molar refractivity (Wildman–Crippen MR) is 72.8 cm³/mol. The van der Waals surface area contributed by atoms with Crippen molar-refractivity contribution in [3.63, 3.8) is 0 Å². The first kappa shape index (κ1) is 23.3. The van der Waals surface area contributed by atoms with Crippen molar-refractivity contribution < 1.29 is 73.9 Å². The third-order valence-electron chi connectivity index (χ3n) is 2.84. The number of rotatable bonds is 12. The van der Waals surface area contributed by atoms with Crippen LogP contribution in [0.25, 0.3) is 0 Å². The summed E-state index contributed by atoms with van der Waals surface area (Å²) >= 11 is 0. The van der Waals surface area contributed by atoms with E-state index in [2.05, 4.69) is 0 Å². The first-order chi connectivity index (χ1) is 8.95. The van der Waals surface area contributed by atoms with Crippen molar-refractivity contribution in [3.8, 4) is 0 Å². The van der Waals surface area contributed by atoms with Crippen molar-refractivity contribution >= 4 is 16.1 Å². The molecule has 0 saturated carbocycles. The molecule has 0 aliphatic carbocycles. The van der Waals surface area contributed by atoms with Gasteiger partial charge >= 0.3 is 57.4 Å². The average molecular weight is 333 g/mol. The second-order valence-corrected chi connectivity index (χ2v) is 6.19. The average Bonchev–Trinajstić information content (AvgIpc) is 2.34. The largest absolute Gasteiger partial charge is 1.00 e. The van der Waals surface area contributed by atoms with Crippen LogP contribution >= 0.6 is 0 Å². The molecular weight excluding hydrogens is 307 g/mol. The molecule has 7 heteroatoms. The Hall–Kier alpha value is 1.02. The van der Waals surface area contributed by atoms with E-state index in [0.717, 1.165) is 44.9 Å². The maximum Gasteiger partial charge on any atom is 1.00 e. The molecule has 0 aromatic carbocycles. The molecule has 0 fully saturated rings. The Morgan fingerprint density at radius 3 is 1.85 bits per heavy atom. The van der Waals surface area contributed by atoms with Crippen LogP contribution < -0.4 is 51.4 Å². The molecule has 0 bridgehead atoms. The van der Waals surface area contributed by atoms with Crippen LogP contribution in [0.4, 0.5) is 0 Å². The van der Waals surface area contributed by atoms with E-state index in [-0.39, 0.29) is 63.1 Å². The molecule has 0 aromatic rings. The summed E-state index contributed by atoms with van der Waals surface area (Å²) in [4.78, 5) is 10.8. The summed E-state index contributed by atoms with van der Waals surface area (Å²) in [5, 5.41) is 0. The molecule has 0 unspecified atom stereocenters. The number of ether oxygens (including phenoxy) is 1. The zero-order chi connectivity index (χ0) is 14.6. The molecule has 0 aliphatic rings. The summed E-state index contributed by atoms with van der Waals surface area (Å²) < 4.78 is 36.0. The summed E-state index contributed by atoms with van der Waals surface area (Å²) in [6.07, 6.45) is 7.89. The molecule has 0 atom stereocenters. The Balaban J connectivity index is 0. The van der Waals surface area contributed by atoms with Crippen LogP contribution in [0.5, 0.6) is 0 Å². The summed E-state index contributed by atoms with van der Waals surface area (Å²) in [6, 6.07) is 0. The normalized spacial score (nSPS) is 10.9. The molecule has 0 aromatic heterocycles. The molecule has 0 N–H and O–H groups in total. The van der Waals surface area contributed by atoms with Gasteiger partial charge in [-0.2, -0.15) is 0 Å². The molecule has 0 radical (unpaired) electrons. The minimum absolute atomic E-state index is 0. The Morgan fingerprint density at radius 2 is 1.40 bits per heavy atom. The number of esters is 1. The zero-order valence-corrected chi connectivity index (χ0v) is 16.7. The van der Waals surface area contributed by atoms with Crippen molar-refractivity contribution in [3.05, 3.63) is 0 Å². The van der Waals surface area contributed by atoms with Gasteiger partial charge < -0.3 is 9.29 Å². The van der Waals surface area contributed by atoms with Gasteiger partial charge in [0.2, 0.25) is 0 Å². The topological polar surface area (TPSA) is 83.5 Å². The zero-order valence-electron chi connectivity index (χ0n) is 12.7. The van der Waals surface area contributed by atoms with Crippen LogP contribution in [0, 0.1) is 0 Å². The van der Waals surface area contributed by atoms with Crippen LogP contribution in [-0.4, -0.2) is 31.3 Å². The standard InChI is InChI=1S/C13H26O5S.K/c1-2-13(14)18-11-9-7-5-3-4-6-8-10-12-19(15,16)17;/h2-12H2,1H3,(H,15,16,17);/q;+1/p-1. The quantitative estimate of drug-likeness (QED) is 0.210. The number of carbonyl (C=O) groups excluding carboxylic acids is 1. The molecular formula is C13H25KO5S. The second kappa shape index (κ2) is 14.9. The van der Waals surface area contributed by atoms with Gasteiger partial charge in [-0.05, 0) is 12.8 Å². The van der Waals surface area contributed by atoms with Crippen LogP contribution in [0.2, 0.25) is 0 Å². The fourth-order valence-corrected chi connectivity index (χ4v) is 2.29. The van der Waals surface area contributed by atoms with Crippen molar-refractivity contribution in [2.45, 2.75) is 64.7 Å². The monoisotopic (exact) mass is 332 g/mol. The molecule has 0 amide bonds. The molecule has 5 nitrogen and oxygen atoms in total. The molecule has 0 spiro atoms. The van der Waals surface area contributed by atoms with E-state index in [9.17, 15) is 17.8 Å². The third-order valence-corrected chi connectivity index (χ3v) is 3.63. The van der Waals surface area contributed by atoms with Gasteiger partial charge in [0.1, 0.15) is 0 Å². The first-order valence-corrected chi connectivity index (χ1v) is 8.62. The van der Waals surface area contributed by atoms with E-state index < -0.39 is 10.1 Å². The van der Waals surface area contributed by atoms with Gasteiger partial charge in [-0.25, -0.2) is 8.42 Å². The number of carbonyl (C=O) groups is 1. The van der Waals surface area contributed by atoms with Gasteiger partial charge in [-0.15, -0.1) is 0 Å². The van der Waals surface area contributed by atoms with E-state index in [4.69, 9.17) is 4.74 Å².